The largest absolute Gasteiger partial charge is 0.369 e. The van der Waals surface area contributed by atoms with Crippen LogP contribution in [0.4, 0.5) is 21.9 Å². The number of nitrogens with zero attached hydrogens (tertiary/aromatic N) is 12. The molecular weight excluding hydrogens is 709 g/mol. The van der Waals surface area contributed by atoms with Crippen LogP contribution in [0.1, 0.15) is 68.2 Å². The summed E-state index contributed by atoms with van der Waals surface area (Å²) in [6, 6.07) is 13.2. The van der Waals surface area contributed by atoms with Gasteiger partial charge in [0.05, 0.1) is 41.6 Å². The van der Waals surface area contributed by atoms with Gasteiger partial charge in [-0.15, -0.1) is 5.10 Å². The molecule has 1 aromatic carbocycles. The molecule has 0 bridgehead atoms. The van der Waals surface area contributed by atoms with Crippen molar-refractivity contribution >= 4 is 40.0 Å². The molecule has 0 radical (unpaired) electrons. The topological polar surface area (TPSA) is 190 Å². The predicted molar refractivity (Wildman–Crippen MR) is 210 cm³/mol. The number of hydrogen-bond acceptors (Lipinski definition) is 12. The summed E-state index contributed by atoms with van der Waals surface area (Å²) in [5.41, 5.74) is 6.49. The maximum atomic E-state index is 12.3. The summed E-state index contributed by atoms with van der Waals surface area (Å²) in [5.74, 6) is 1.32. The van der Waals surface area contributed by atoms with E-state index in [1.165, 1.54) is 18.3 Å². The number of benzene rings is 1. The lowest BCUT2D eigenvalue weighted by Gasteiger charge is -2.38. The lowest BCUT2D eigenvalue weighted by Crippen LogP contribution is -2.49. The second kappa shape index (κ2) is 15.8. The van der Waals surface area contributed by atoms with E-state index in [2.05, 4.69) is 70.9 Å². The number of piperazine rings is 1. The maximum Gasteiger partial charge on any atom is 0.328 e. The Morgan fingerprint density at radius 1 is 0.964 bits per heavy atom. The standard InChI is InChI=1S/C40H44N14O2/c1-26-17-32(52-12-10-38(55)47-40(52)56)7-8-35(26)51-15-13-50(14-16-51)11-9-28-3-5-30(6-4-28)34-25-53(49-48-34)36-24-43-37(19-33(36)46-27(2)20-41)54-39-31(23-45-54)18-29(21-42)22-44-39/h7-8,17-19,22-25,27-28,30H,3-6,9-16H2,1-2H3,(H,43,46)(H,47,55,56)/t27-,28?,30?/m1/s1. The minimum Gasteiger partial charge on any atom is -0.369 e. The highest BCUT2D eigenvalue weighted by atomic mass is 16.2. The number of fused-ring (bicyclic) bond motifs is 1. The molecule has 5 aromatic rings. The number of aromatic nitrogens is 7. The van der Waals surface area contributed by atoms with Crippen molar-refractivity contribution < 1.29 is 9.59 Å². The lowest BCUT2D eigenvalue weighted by molar-refractivity contribution is -0.120. The Hall–Kier alpha value is -6.39. The van der Waals surface area contributed by atoms with Crippen LogP contribution >= 0.6 is 0 Å². The van der Waals surface area contributed by atoms with Crippen LogP contribution in [0, 0.1) is 35.5 Å². The molecule has 16 heteroatoms. The molecule has 1 aliphatic carbocycles. The van der Waals surface area contributed by atoms with Crippen molar-refractivity contribution in [3.05, 3.63) is 71.9 Å². The van der Waals surface area contributed by atoms with Gasteiger partial charge in [-0.3, -0.25) is 19.9 Å². The molecule has 3 aliphatic rings. The summed E-state index contributed by atoms with van der Waals surface area (Å²) in [4.78, 5) is 39.6. The van der Waals surface area contributed by atoms with Crippen molar-refractivity contribution in [2.75, 3.05) is 54.4 Å². The van der Waals surface area contributed by atoms with Gasteiger partial charge in [-0.25, -0.2) is 19.4 Å². The van der Waals surface area contributed by atoms with Crippen molar-refractivity contribution in [3.63, 3.8) is 0 Å². The van der Waals surface area contributed by atoms with Crippen LogP contribution in [0.3, 0.4) is 0 Å². The third-order valence-electron chi connectivity index (χ3n) is 11.3. The molecule has 4 aromatic heterocycles. The number of hydrogen-bond donors (Lipinski definition) is 2. The van der Waals surface area contributed by atoms with E-state index in [0.29, 0.717) is 53.2 Å². The van der Waals surface area contributed by atoms with Gasteiger partial charge in [-0.1, -0.05) is 5.21 Å². The monoisotopic (exact) mass is 752 g/mol. The molecule has 3 fully saturated rings. The fourth-order valence-corrected chi connectivity index (χ4v) is 8.15. The Balaban J connectivity index is 0.842. The lowest BCUT2D eigenvalue weighted by atomic mass is 9.79. The van der Waals surface area contributed by atoms with Gasteiger partial charge in [0, 0.05) is 74.1 Å². The second-order valence-corrected chi connectivity index (χ2v) is 15.0. The van der Waals surface area contributed by atoms with Gasteiger partial charge in [0.25, 0.3) is 0 Å². The van der Waals surface area contributed by atoms with Gasteiger partial charge in [0.2, 0.25) is 5.91 Å². The van der Waals surface area contributed by atoms with Crippen LogP contribution in [0.2, 0.25) is 0 Å². The van der Waals surface area contributed by atoms with Gasteiger partial charge in [-0.05, 0) is 88.2 Å². The second-order valence-electron chi connectivity index (χ2n) is 15.0. The van der Waals surface area contributed by atoms with Crippen LogP contribution in [0.25, 0.3) is 22.5 Å². The van der Waals surface area contributed by atoms with Gasteiger partial charge < -0.3 is 10.2 Å². The average Bonchev–Trinajstić information content (AvgIpc) is 3.88. The molecular formula is C40H44N14O2. The predicted octanol–water partition coefficient (Wildman–Crippen LogP) is 4.83. The highest BCUT2D eigenvalue weighted by Crippen LogP contribution is 2.37. The van der Waals surface area contributed by atoms with E-state index in [9.17, 15) is 20.1 Å². The third-order valence-corrected chi connectivity index (χ3v) is 11.3. The maximum absolute atomic E-state index is 12.3. The Morgan fingerprint density at radius 2 is 1.79 bits per heavy atom. The molecule has 56 heavy (non-hydrogen) atoms. The quantitative estimate of drug-likeness (QED) is 0.198. The minimum atomic E-state index is -0.467. The molecule has 0 unspecified atom stereocenters. The normalized spacial score (nSPS) is 19.7. The van der Waals surface area contributed by atoms with Crippen molar-refractivity contribution in [1.29, 1.82) is 10.5 Å². The Bertz CT molecular complexity index is 2340. The number of imide groups is 1. The smallest absolute Gasteiger partial charge is 0.328 e. The molecule has 3 amide bonds. The summed E-state index contributed by atoms with van der Waals surface area (Å²) < 4.78 is 3.34. The molecule has 0 spiro atoms. The average molecular weight is 753 g/mol. The van der Waals surface area contributed by atoms with E-state index < -0.39 is 6.04 Å². The molecule has 286 valence electrons. The molecule has 6 heterocycles. The molecule has 8 rings (SSSR count). The first-order valence-corrected chi connectivity index (χ1v) is 19.3. The zero-order chi connectivity index (χ0) is 38.8. The molecule has 2 N–H and O–H groups in total. The van der Waals surface area contributed by atoms with Crippen molar-refractivity contribution in [2.24, 2.45) is 5.92 Å². The number of amides is 3. The molecule has 1 saturated carbocycles. The van der Waals surface area contributed by atoms with Crippen LogP contribution in [-0.2, 0) is 4.79 Å². The highest BCUT2D eigenvalue weighted by molar-refractivity contribution is 6.05. The van der Waals surface area contributed by atoms with E-state index in [0.717, 1.165) is 80.7 Å². The number of carbonyl (C=O) groups is 2. The van der Waals surface area contributed by atoms with Crippen LogP contribution in [0.5, 0.6) is 0 Å². The van der Waals surface area contributed by atoms with E-state index in [-0.39, 0.29) is 11.9 Å². The first-order valence-electron chi connectivity index (χ1n) is 19.3. The van der Waals surface area contributed by atoms with Crippen LogP contribution in [0.15, 0.2) is 55.1 Å². The number of nitrogens with one attached hydrogen (secondary N) is 2. The fraction of sp³-hybridized carbons (Fsp3) is 0.425. The number of aryl methyl sites for hydroxylation is 1. The summed E-state index contributed by atoms with van der Waals surface area (Å²) in [5, 5.41) is 38.8. The third kappa shape index (κ3) is 7.61. The number of carbonyl (C=O) groups excluding carboxylic acids is 2. The molecule has 2 saturated heterocycles. The van der Waals surface area contributed by atoms with Crippen molar-refractivity contribution in [3.8, 4) is 23.6 Å². The molecule has 1 atom stereocenters. The van der Waals surface area contributed by atoms with Crippen LogP contribution in [-0.4, -0.2) is 96.9 Å². The van der Waals surface area contributed by atoms with Crippen molar-refractivity contribution in [2.45, 2.75) is 64.3 Å². The number of urea groups is 1. The van der Waals surface area contributed by atoms with E-state index in [1.807, 2.05) is 24.4 Å². The van der Waals surface area contributed by atoms with E-state index in [4.69, 9.17) is 0 Å². The number of pyridine rings is 2. The van der Waals surface area contributed by atoms with Gasteiger partial charge in [0.15, 0.2) is 11.5 Å². The van der Waals surface area contributed by atoms with Crippen molar-refractivity contribution in [1.82, 2.24) is 45.0 Å². The minimum absolute atomic E-state index is 0.223. The fourth-order valence-electron chi connectivity index (χ4n) is 8.15. The van der Waals surface area contributed by atoms with Crippen LogP contribution < -0.4 is 20.4 Å². The first-order chi connectivity index (χ1) is 27.3. The molecule has 2 aliphatic heterocycles. The van der Waals surface area contributed by atoms with E-state index >= 15 is 0 Å². The SMILES string of the molecule is Cc1cc(N2CCC(=O)NC2=O)ccc1N1CCN(CCC2CCC(c3cn(-c4cnc(-n5ncc6cc(C#N)cnc65)cc4N[C@H](C)C#N)nn3)CC2)CC1. The zero-order valence-electron chi connectivity index (χ0n) is 31.6. The number of nitriles is 2. The summed E-state index contributed by atoms with van der Waals surface area (Å²) in [6.45, 7) is 9.36. The number of rotatable bonds is 10. The van der Waals surface area contributed by atoms with Gasteiger partial charge >= 0.3 is 6.03 Å². The zero-order valence-corrected chi connectivity index (χ0v) is 31.6. The highest BCUT2D eigenvalue weighted by Gasteiger charge is 2.28. The Kier molecular flexibility index (Phi) is 10.3. The Labute approximate surface area is 324 Å². The van der Waals surface area contributed by atoms with Gasteiger partial charge in [-0.2, -0.15) is 20.3 Å². The number of anilines is 3. The summed E-state index contributed by atoms with van der Waals surface area (Å²) in [7, 11) is 0. The van der Waals surface area contributed by atoms with E-state index in [1.54, 1.807) is 39.6 Å². The van der Waals surface area contributed by atoms with Gasteiger partial charge in [0.1, 0.15) is 17.8 Å². The summed E-state index contributed by atoms with van der Waals surface area (Å²) in [6.07, 6.45) is 12.8. The Morgan fingerprint density at radius 3 is 2.54 bits per heavy atom. The first kappa shape index (κ1) is 36.6. The molecule has 16 nitrogen and oxygen atoms in total. The summed E-state index contributed by atoms with van der Waals surface area (Å²) >= 11 is 0.